The van der Waals surface area contributed by atoms with Gasteiger partial charge in [0.15, 0.2) is 5.82 Å². The number of ether oxygens (including phenoxy) is 1. The van der Waals surface area contributed by atoms with Crippen LogP contribution in [-0.2, 0) is 20.4 Å². The van der Waals surface area contributed by atoms with Crippen LogP contribution in [0.2, 0.25) is 0 Å². The summed E-state index contributed by atoms with van der Waals surface area (Å²) in [4.78, 5) is 17.2. The van der Waals surface area contributed by atoms with Gasteiger partial charge in [0.2, 0.25) is 21.8 Å². The van der Waals surface area contributed by atoms with Crippen molar-refractivity contribution in [1.82, 2.24) is 19.8 Å². The number of amides is 1. The number of hydrogen-bond acceptors (Lipinski definition) is 7. The maximum atomic E-state index is 13.0. The number of sulfonamides is 1. The van der Waals surface area contributed by atoms with Gasteiger partial charge in [-0.3, -0.25) is 4.79 Å². The lowest BCUT2D eigenvalue weighted by Crippen LogP contribution is -2.50. The summed E-state index contributed by atoms with van der Waals surface area (Å²) in [7, 11) is -2.17. The van der Waals surface area contributed by atoms with Crippen LogP contribution in [0.1, 0.15) is 38.4 Å². The molecule has 1 aromatic heterocycles. The van der Waals surface area contributed by atoms with Crippen molar-refractivity contribution in [3.8, 4) is 5.75 Å². The molecule has 10 heteroatoms. The Morgan fingerprint density at radius 1 is 1.31 bits per heavy atom. The second kappa shape index (κ2) is 8.11. The molecule has 0 spiro atoms. The van der Waals surface area contributed by atoms with Gasteiger partial charge in [-0.15, -0.1) is 0 Å². The lowest BCUT2D eigenvalue weighted by atomic mass is 9.96. The lowest BCUT2D eigenvalue weighted by Gasteiger charge is -2.33. The summed E-state index contributed by atoms with van der Waals surface area (Å²) in [6, 6.07) is 6.24. The fourth-order valence-electron chi connectivity index (χ4n) is 3.29. The van der Waals surface area contributed by atoms with Crippen LogP contribution in [0.5, 0.6) is 5.75 Å². The van der Waals surface area contributed by atoms with Crippen LogP contribution < -0.4 is 10.1 Å². The first-order valence-corrected chi connectivity index (χ1v) is 10.8. The number of aromatic nitrogens is 2. The zero-order chi connectivity index (χ0) is 21.2. The number of carbonyl (C=O) groups is 1. The van der Waals surface area contributed by atoms with Gasteiger partial charge in [-0.1, -0.05) is 5.16 Å². The summed E-state index contributed by atoms with van der Waals surface area (Å²) < 4.78 is 37.4. The van der Waals surface area contributed by atoms with Crippen LogP contribution in [0.25, 0.3) is 0 Å². The molecule has 1 aromatic carbocycles. The average molecular weight is 423 g/mol. The monoisotopic (exact) mass is 422 g/mol. The summed E-state index contributed by atoms with van der Waals surface area (Å²) in [6.45, 7) is 5.75. The van der Waals surface area contributed by atoms with Gasteiger partial charge >= 0.3 is 0 Å². The summed E-state index contributed by atoms with van der Waals surface area (Å²) in [5, 5.41) is 6.80. The third kappa shape index (κ3) is 4.59. The molecule has 1 amide bonds. The molecule has 0 aliphatic carbocycles. The molecule has 0 radical (unpaired) electrons. The lowest BCUT2D eigenvalue weighted by molar-refractivity contribution is -0.127. The van der Waals surface area contributed by atoms with E-state index in [1.807, 2.05) is 0 Å². The molecule has 158 valence electrons. The van der Waals surface area contributed by atoms with E-state index in [1.54, 1.807) is 32.9 Å². The zero-order valence-electron chi connectivity index (χ0n) is 17.0. The van der Waals surface area contributed by atoms with Crippen LogP contribution >= 0.6 is 0 Å². The molecule has 1 atom stereocenters. The third-order valence-electron chi connectivity index (χ3n) is 4.97. The molecular formula is C19H26N4O5S. The van der Waals surface area contributed by atoms with E-state index in [2.05, 4.69) is 15.5 Å². The van der Waals surface area contributed by atoms with Crippen molar-refractivity contribution in [2.24, 2.45) is 5.92 Å². The largest absolute Gasteiger partial charge is 0.497 e. The Bertz CT molecular complexity index is 969. The molecule has 2 aromatic rings. The Morgan fingerprint density at radius 2 is 2.00 bits per heavy atom. The maximum Gasteiger partial charge on any atom is 0.243 e. The Kier molecular flexibility index (Phi) is 5.95. The molecule has 29 heavy (non-hydrogen) atoms. The minimum absolute atomic E-state index is 0.127. The highest BCUT2D eigenvalue weighted by molar-refractivity contribution is 7.89. The molecule has 1 saturated heterocycles. The topological polar surface area (TPSA) is 115 Å². The predicted octanol–water partition coefficient (Wildman–Crippen LogP) is 1.84. The van der Waals surface area contributed by atoms with E-state index in [1.165, 1.54) is 23.5 Å². The number of aryl methyl sites for hydroxylation is 1. The second-order valence-electron chi connectivity index (χ2n) is 7.63. The smallest absolute Gasteiger partial charge is 0.243 e. The number of carbonyl (C=O) groups excluding carboxylic acids is 1. The van der Waals surface area contributed by atoms with Crippen LogP contribution in [-0.4, -0.2) is 49.0 Å². The molecule has 3 rings (SSSR count). The van der Waals surface area contributed by atoms with Crippen molar-refractivity contribution >= 4 is 15.9 Å². The van der Waals surface area contributed by atoms with Crippen LogP contribution in [0.4, 0.5) is 0 Å². The first-order chi connectivity index (χ1) is 13.6. The van der Waals surface area contributed by atoms with Crippen molar-refractivity contribution in [1.29, 1.82) is 0 Å². The van der Waals surface area contributed by atoms with Gasteiger partial charge in [0, 0.05) is 20.0 Å². The highest BCUT2D eigenvalue weighted by Crippen LogP contribution is 2.26. The predicted molar refractivity (Wildman–Crippen MR) is 105 cm³/mol. The minimum atomic E-state index is -3.69. The fraction of sp³-hybridized carbons (Fsp3) is 0.526. The molecule has 2 heterocycles. The SMILES string of the molecule is COc1ccc(S(=O)(=O)N2CCCC(C(=O)NC(C)(C)c3noc(C)n3)C2)cc1. The van der Waals surface area contributed by atoms with Crippen LogP contribution in [0, 0.1) is 12.8 Å². The molecule has 0 saturated carbocycles. The van der Waals surface area contributed by atoms with E-state index in [4.69, 9.17) is 9.26 Å². The van der Waals surface area contributed by atoms with Gasteiger partial charge in [0.25, 0.3) is 0 Å². The molecule has 1 unspecified atom stereocenters. The van der Waals surface area contributed by atoms with Crippen LogP contribution in [0.15, 0.2) is 33.7 Å². The minimum Gasteiger partial charge on any atom is -0.497 e. The Hall–Kier alpha value is -2.46. The van der Waals surface area contributed by atoms with Crippen molar-refractivity contribution in [2.75, 3.05) is 20.2 Å². The van der Waals surface area contributed by atoms with Crippen molar-refractivity contribution in [2.45, 2.75) is 44.0 Å². The Balaban J connectivity index is 1.71. The van der Waals surface area contributed by atoms with Gasteiger partial charge in [-0.25, -0.2) is 8.42 Å². The molecule has 1 fully saturated rings. The van der Waals surface area contributed by atoms with E-state index in [0.29, 0.717) is 36.9 Å². The summed E-state index contributed by atoms with van der Waals surface area (Å²) in [5.74, 6) is 0.688. The van der Waals surface area contributed by atoms with Crippen molar-refractivity contribution in [3.05, 3.63) is 36.0 Å². The number of methoxy groups -OCH3 is 1. The number of rotatable bonds is 6. The van der Waals surface area contributed by atoms with Gasteiger partial charge in [0.05, 0.1) is 23.5 Å². The highest BCUT2D eigenvalue weighted by Gasteiger charge is 2.36. The number of hydrogen-bond donors (Lipinski definition) is 1. The number of benzene rings is 1. The summed E-state index contributed by atoms with van der Waals surface area (Å²) in [5.41, 5.74) is -0.827. The number of nitrogens with zero attached hydrogens (tertiary/aromatic N) is 3. The first kappa shape index (κ1) is 21.3. The number of nitrogens with one attached hydrogen (secondary N) is 1. The molecule has 1 N–H and O–H groups in total. The van der Waals surface area contributed by atoms with E-state index in [0.717, 1.165) is 0 Å². The van der Waals surface area contributed by atoms with E-state index in [-0.39, 0.29) is 17.3 Å². The second-order valence-corrected chi connectivity index (χ2v) is 9.57. The maximum absolute atomic E-state index is 13.0. The quantitative estimate of drug-likeness (QED) is 0.755. The van der Waals surface area contributed by atoms with Gasteiger partial charge in [-0.05, 0) is 51.0 Å². The molecule has 9 nitrogen and oxygen atoms in total. The third-order valence-corrected chi connectivity index (χ3v) is 6.85. The van der Waals surface area contributed by atoms with E-state index < -0.39 is 21.5 Å². The normalized spacial score (nSPS) is 18.4. The van der Waals surface area contributed by atoms with Crippen LogP contribution in [0.3, 0.4) is 0 Å². The summed E-state index contributed by atoms with van der Waals surface area (Å²) >= 11 is 0. The summed E-state index contributed by atoms with van der Waals surface area (Å²) in [6.07, 6.45) is 1.22. The zero-order valence-corrected chi connectivity index (χ0v) is 17.8. The van der Waals surface area contributed by atoms with Gasteiger partial charge in [0.1, 0.15) is 5.75 Å². The van der Waals surface area contributed by atoms with E-state index >= 15 is 0 Å². The molecule has 0 bridgehead atoms. The first-order valence-electron chi connectivity index (χ1n) is 9.40. The Morgan fingerprint density at radius 3 is 2.59 bits per heavy atom. The van der Waals surface area contributed by atoms with Gasteiger partial charge in [-0.2, -0.15) is 9.29 Å². The molecule has 1 aliphatic heterocycles. The standard InChI is InChI=1S/C19H26N4O5S/c1-13-20-18(22-28-13)19(2,3)21-17(24)14-6-5-11-23(12-14)29(25,26)16-9-7-15(27-4)8-10-16/h7-10,14H,5-6,11-12H2,1-4H3,(H,21,24). The van der Waals surface area contributed by atoms with Crippen molar-refractivity contribution in [3.63, 3.8) is 0 Å². The highest BCUT2D eigenvalue weighted by atomic mass is 32.2. The van der Waals surface area contributed by atoms with Crippen molar-refractivity contribution < 1.29 is 22.5 Å². The fourth-order valence-corrected chi connectivity index (χ4v) is 4.81. The number of piperidine rings is 1. The Labute approximate surface area is 170 Å². The average Bonchev–Trinajstić information content (AvgIpc) is 3.15. The molecular weight excluding hydrogens is 396 g/mol. The van der Waals surface area contributed by atoms with E-state index in [9.17, 15) is 13.2 Å². The molecule has 1 aliphatic rings. The van der Waals surface area contributed by atoms with Gasteiger partial charge < -0.3 is 14.6 Å².